The number of esters is 1. The molecule has 2 fully saturated rings. The molecule has 10 nitrogen and oxygen atoms in total. The van der Waals surface area contributed by atoms with Gasteiger partial charge in [0.1, 0.15) is 11.3 Å². The zero-order valence-corrected chi connectivity index (χ0v) is 15.6. The van der Waals surface area contributed by atoms with Crippen molar-refractivity contribution in [2.75, 3.05) is 43.1 Å². The van der Waals surface area contributed by atoms with Gasteiger partial charge in [0.2, 0.25) is 0 Å². The Balaban J connectivity index is 1.48. The largest absolute Gasteiger partial charge is 0.465 e. The van der Waals surface area contributed by atoms with Crippen molar-refractivity contribution in [3.8, 4) is 0 Å². The van der Waals surface area contributed by atoms with Gasteiger partial charge in [-0.1, -0.05) is 12.1 Å². The van der Waals surface area contributed by atoms with Crippen molar-refractivity contribution in [1.82, 2.24) is 0 Å². The van der Waals surface area contributed by atoms with E-state index in [4.69, 9.17) is 0 Å². The summed E-state index contributed by atoms with van der Waals surface area (Å²) < 4.78 is 4.66. The number of nitro groups is 2. The monoisotopic (exact) mass is 398 g/mol. The van der Waals surface area contributed by atoms with Crippen LogP contribution in [-0.2, 0) is 4.74 Å². The number of nitro benzene ring substituents is 2. The molecule has 0 unspecified atom stereocenters. The molecule has 0 N–H and O–H groups in total. The number of hydrogen-bond acceptors (Lipinski definition) is 8. The van der Waals surface area contributed by atoms with Gasteiger partial charge in [0, 0.05) is 49.4 Å². The number of carbonyl (C=O) groups excluding carboxylic acids is 1. The molecule has 0 amide bonds. The maximum absolute atomic E-state index is 11.9. The molecule has 1 spiro atoms. The van der Waals surface area contributed by atoms with Gasteiger partial charge in [-0.25, -0.2) is 4.79 Å². The Kier molecular flexibility index (Phi) is 4.33. The van der Waals surface area contributed by atoms with Gasteiger partial charge in [-0.2, -0.15) is 0 Å². The molecule has 0 saturated carbocycles. The van der Waals surface area contributed by atoms with E-state index in [1.54, 1.807) is 24.3 Å². The maximum Gasteiger partial charge on any atom is 0.344 e. The highest BCUT2D eigenvalue weighted by Crippen LogP contribution is 2.46. The number of rotatable bonds is 5. The zero-order valence-electron chi connectivity index (χ0n) is 15.6. The van der Waals surface area contributed by atoms with Crippen LogP contribution < -0.4 is 9.80 Å². The Morgan fingerprint density at radius 2 is 1.66 bits per heavy atom. The van der Waals surface area contributed by atoms with E-state index >= 15 is 0 Å². The third-order valence-corrected chi connectivity index (χ3v) is 5.45. The first-order valence-corrected chi connectivity index (χ1v) is 8.94. The van der Waals surface area contributed by atoms with E-state index in [1.165, 1.54) is 19.2 Å². The molecule has 2 aromatic carbocycles. The smallest absolute Gasteiger partial charge is 0.344 e. The quantitative estimate of drug-likeness (QED) is 0.428. The summed E-state index contributed by atoms with van der Waals surface area (Å²) in [5.41, 5.74) is 0.916. The van der Waals surface area contributed by atoms with E-state index in [2.05, 4.69) is 9.64 Å². The number of methoxy groups -OCH3 is 1. The van der Waals surface area contributed by atoms with E-state index in [9.17, 15) is 25.0 Å². The van der Waals surface area contributed by atoms with Crippen molar-refractivity contribution in [2.24, 2.45) is 5.41 Å². The summed E-state index contributed by atoms with van der Waals surface area (Å²) in [6, 6.07) is 11.1. The SMILES string of the molecule is COC(=O)c1cccc(N2CC3(CN(c4cccc([N+](=O)[O-])c4)C3)C2)c1[N+](=O)[O-]. The molecule has 0 bridgehead atoms. The van der Waals surface area contributed by atoms with Gasteiger partial charge < -0.3 is 14.5 Å². The first-order chi connectivity index (χ1) is 13.8. The van der Waals surface area contributed by atoms with Crippen LogP contribution in [0, 0.1) is 25.6 Å². The minimum atomic E-state index is -0.741. The number of nitrogens with zero attached hydrogens (tertiary/aromatic N) is 4. The molecule has 0 aromatic heterocycles. The summed E-state index contributed by atoms with van der Waals surface area (Å²) in [6.07, 6.45) is 0. The van der Waals surface area contributed by atoms with Crippen LogP contribution in [0.1, 0.15) is 10.4 Å². The van der Waals surface area contributed by atoms with Crippen LogP contribution in [0.25, 0.3) is 0 Å². The Bertz CT molecular complexity index is 1010. The zero-order chi connectivity index (χ0) is 20.8. The fourth-order valence-corrected chi connectivity index (χ4v) is 4.14. The second kappa shape index (κ2) is 6.73. The van der Waals surface area contributed by atoms with Gasteiger partial charge in [-0.3, -0.25) is 20.2 Å². The highest BCUT2D eigenvalue weighted by molar-refractivity contribution is 5.97. The highest BCUT2D eigenvalue weighted by Gasteiger charge is 2.53. The molecule has 2 saturated heterocycles. The highest BCUT2D eigenvalue weighted by atomic mass is 16.6. The second-order valence-corrected chi connectivity index (χ2v) is 7.41. The molecular weight excluding hydrogens is 380 g/mol. The predicted molar refractivity (Wildman–Crippen MR) is 104 cm³/mol. The average molecular weight is 398 g/mol. The van der Waals surface area contributed by atoms with Crippen LogP contribution in [-0.4, -0.2) is 49.1 Å². The minimum Gasteiger partial charge on any atom is -0.465 e. The van der Waals surface area contributed by atoms with E-state index in [0.717, 1.165) is 18.8 Å². The van der Waals surface area contributed by atoms with Crippen LogP contribution in [0.15, 0.2) is 42.5 Å². The molecule has 2 aliphatic rings. The molecule has 4 rings (SSSR count). The molecular formula is C19H18N4O6. The summed E-state index contributed by atoms with van der Waals surface area (Å²) in [7, 11) is 1.19. The van der Waals surface area contributed by atoms with E-state index in [-0.39, 0.29) is 22.4 Å². The van der Waals surface area contributed by atoms with Gasteiger partial charge in [0.05, 0.1) is 17.0 Å². The van der Waals surface area contributed by atoms with Crippen LogP contribution in [0.3, 0.4) is 0 Å². The maximum atomic E-state index is 11.9. The van der Waals surface area contributed by atoms with E-state index in [1.807, 2.05) is 11.0 Å². The standard InChI is InChI=1S/C19H18N4O6/c1-29-18(24)15-6-3-7-16(17(15)23(27)28)21-11-19(12-21)9-20(10-19)13-4-2-5-14(8-13)22(25)26/h2-8H,9-12H2,1H3. The Morgan fingerprint density at radius 3 is 2.28 bits per heavy atom. The lowest BCUT2D eigenvalue weighted by Crippen LogP contribution is -2.72. The van der Waals surface area contributed by atoms with Gasteiger partial charge in [0.25, 0.3) is 5.69 Å². The van der Waals surface area contributed by atoms with E-state index in [0.29, 0.717) is 18.8 Å². The molecule has 29 heavy (non-hydrogen) atoms. The van der Waals surface area contributed by atoms with Crippen LogP contribution in [0.2, 0.25) is 0 Å². The third-order valence-electron chi connectivity index (χ3n) is 5.45. The molecule has 0 aliphatic carbocycles. The molecule has 0 radical (unpaired) electrons. The summed E-state index contributed by atoms with van der Waals surface area (Å²) >= 11 is 0. The number of benzene rings is 2. The number of non-ortho nitro benzene ring substituents is 1. The Hall–Kier alpha value is -3.69. The lowest BCUT2D eigenvalue weighted by Gasteiger charge is -2.61. The first-order valence-electron chi connectivity index (χ1n) is 8.94. The lowest BCUT2D eigenvalue weighted by atomic mass is 9.72. The van der Waals surface area contributed by atoms with Crippen LogP contribution in [0.4, 0.5) is 22.7 Å². The van der Waals surface area contributed by atoms with Gasteiger partial charge in [0.15, 0.2) is 0 Å². The number of anilines is 2. The molecule has 2 aliphatic heterocycles. The Morgan fingerprint density at radius 1 is 1.00 bits per heavy atom. The fourth-order valence-electron chi connectivity index (χ4n) is 4.14. The normalized spacial score (nSPS) is 16.7. The van der Waals surface area contributed by atoms with Crippen molar-refractivity contribution in [2.45, 2.75) is 0 Å². The van der Waals surface area contributed by atoms with Crippen molar-refractivity contribution >= 4 is 28.7 Å². The average Bonchev–Trinajstić information content (AvgIpc) is 2.65. The topological polar surface area (TPSA) is 119 Å². The summed E-state index contributed by atoms with van der Waals surface area (Å²) in [5, 5.41) is 22.5. The van der Waals surface area contributed by atoms with Gasteiger partial charge >= 0.3 is 11.7 Å². The van der Waals surface area contributed by atoms with Crippen molar-refractivity contribution in [3.63, 3.8) is 0 Å². The number of hydrogen-bond donors (Lipinski definition) is 0. The van der Waals surface area contributed by atoms with Crippen molar-refractivity contribution < 1.29 is 19.4 Å². The van der Waals surface area contributed by atoms with Gasteiger partial charge in [-0.05, 0) is 18.2 Å². The van der Waals surface area contributed by atoms with Crippen molar-refractivity contribution in [1.29, 1.82) is 0 Å². The number of para-hydroxylation sites is 1. The summed E-state index contributed by atoms with van der Waals surface area (Å²) in [4.78, 5) is 37.4. The molecule has 0 atom stereocenters. The molecule has 10 heteroatoms. The number of carbonyl (C=O) groups is 1. The predicted octanol–water partition coefficient (Wildman–Crippen LogP) is 2.62. The summed E-state index contributed by atoms with van der Waals surface area (Å²) in [5.74, 6) is -0.741. The molecule has 2 heterocycles. The third kappa shape index (κ3) is 3.12. The van der Waals surface area contributed by atoms with Crippen LogP contribution >= 0.6 is 0 Å². The summed E-state index contributed by atoms with van der Waals surface area (Å²) in [6.45, 7) is 2.66. The second-order valence-electron chi connectivity index (χ2n) is 7.41. The molecule has 150 valence electrons. The number of ether oxygens (including phenoxy) is 1. The van der Waals surface area contributed by atoms with E-state index < -0.39 is 15.8 Å². The van der Waals surface area contributed by atoms with Crippen molar-refractivity contribution in [3.05, 3.63) is 68.3 Å². The fraction of sp³-hybridized carbons (Fsp3) is 0.316. The minimum absolute atomic E-state index is 0.0141. The Labute approximate surface area is 165 Å². The first kappa shape index (κ1) is 18.7. The van der Waals surface area contributed by atoms with Crippen LogP contribution in [0.5, 0.6) is 0 Å². The lowest BCUT2D eigenvalue weighted by molar-refractivity contribution is -0.384. The van der Waals surface area contributed by atoms with Gasteiger partial charge in [-0.15, -0.1) is 0 Å². The molecule has 2 aromatic rings.